The second-order valence-electron chi connectivity index (χ2n) is 4.69. The number of hydrogen-bond donors (Lipinski definition) is 1. The summed E-state index contributed by atoms with van der Waals surface area (Å²) in [6.07, 6.45) is 0. The Bertz CT molecular complexity index is 570. The van der Waals surface area contributed by atoms with Crippen LogP contribution in [0.4, 0.5) is 0 Å². The smallest absolute Gasteiger partial charge is 0.255 e. The number of thiol groups is 1. The van der Waals surface area contributed by atoms with E-state index in [1.54, 1.807) is 11.3 Å². The first kappa shape index (κ1) is 13.4. The average molecular weight is 279 g/mol. The summed E-state index contributed by atoms with van der Waals surface area (Å²) in [5, 5.41) is 2.03. The van der Waals surface area contributed by atoms with Gasteiger partial charge in [-0.15, -0.1) is 11.3 Å². The predicted molar refractivity (Wildman–Crippen MR) is 81.5 cm³/mol. The van der Waals surface area contributed by atoms with Crippen molar-refractivity contribution >= 4 is 24.0 Å². The molecule has 2 aromatic rings. The van der Waals surface area contributed by atoms with Gasteiger partial charge in [-0.2, -0.15) is 12.6 Å². The summed E-state index contributed by atoms with van der Waals surface area (Å²) < 4.78 is 1.88. The summed E-state index contributed by atoms with van der Waals surface area (Å²) in [7, 11) is 0. The van der Waals surface area contributed by atoms with Crippen molar-refractivity contribution in [3.8, 4) is 10.6 Å². The van der Waals surface area contributed by atoms with Gasteiger partial charge in [-0.25, -0.2) is 0 Å². The number of rotatable bonds is 4. The lowest BCUT2D eigenvalue weighted by atomic mass is 10.1. The second-order valence-corrected chi connectivity index (χ2v) is 5.95. The van der Waals surface area contributed by atoms with Gasteiger partial charge in [0.1, 0.15) is 0 Å². The fourth-order valence-electron chi connectivity index (χ4n) is 1.93. The zero-order valence-corrected chi connectivity index (χ0v) is 12.3. The normalized spacial score (nSPS) is 11.1. The third-order valence-electron chi connectivity index (χ3n) is 2.74. The van der Waals surface area contributed by atoms with E-state index in [-0.39, 0.29) is 5.56 Å². The molecule has 2 aromatic heterocycles. The van der Waals surface area contributed by atoms with Crippen LogP contribution in [0.25, 0.3) is 10.6 Å². The molecule has 0 fully saturated rings. The van der Waals surface area contributed by atoms with Crippen molar-refractivity contribution in [3.05, 3.63) is 45.6 Å². The molecular formula is C14H17NOS2. The Labute approximate surface area is 117 Å². The molecule has 0 saturated carbocycles. The lowest BCUT2D eigenvalue weighted by molar-refractivity contribution is 0.514. The van der Waals surface area contributed by atoms with E-state index >= 15 is 0 Å². The van der Waals surface area contributed by atoms with E-state index in [9.17, 15) is 4.79 Å². The van der Waals surface area contributed by atoms with E-state index in [4.69, 9.17) is 0 Å². The zero-order chi connectivity index (χ0) is 13.1. The highest BCUT2D eigenvalue weighted by Crippen LogP contribution is 2.24. The number of thiophene rings is 1. The summed E-state index contributed by atoms with van der Waals surface area (Å²) in [6, 6.07) is 7.98. The molecule has 4 heteroatoms. The standard InChI is InChI=1S/C14H17NOS2/c1-10(2)8-15-12(13-4-3-7-18-13)6-5-11(9-17)14(15)16/h3-7,10,17H,8-9H2,1-2H3. The van der Waals surface area contributed by atoms with E-state index < -0.39 is 0 Å². The van der Waals surface area contributed by atoms with Gasteiger partial charge in [0.05, 0.1) is 10.6 Å². The Morgan fingerprint density at radius 1 is 1.33 bits per heavy atom. The monoisotopic (exact) mass is 279 g/mol. The van der Waals surface area contributed by atoms with Gasteiger partial charge in [0.15, 0.2) is 0 Å². The second kappa shape index (κ2) is 5.76. The van der Waals surface area contributed by atoms with Gasteiger partial charge in [0.2, 0.25) is 0 Å². The van der Waals surface area contributed by atoms with Gasteiger partial charge in [-0.1, -0.05) is 26.0 Å². The molecule has 0 saturated heterocycles. The van der Waals surface area contributed by atoms with Crippen LogP contribution in [0.15, 0.2) is 34.4 Å². The van der Waals surface area contributed by atoms with E-state index in [1.165, 1.54) is 0 Å². The minimum absolute atomic E-state index is 0.0876. The van der Waals surface area contributed by atoms with Crippen molar-refractivity contribution in [2.75, 3.05) is 0 Å². The maximum atomic E-state index is 12.4. The van der Waals surface area contributed by atoms with Crippen molar-refractivity contribution in [1.82, 2.24) is 4.57 Å². The lowest BCUT2D eigenvalue weighted by Crippen LogP contribution is -2.26. The molecule has 0 amide bonds. The fourth-order valence-corrected chi connectivity index (χ4v) is 2.93. The molecule has 2 nitrogen and oxygen atoms in total. The van der Waals surface area contributed by atoms with Gasteiger partial charge < -0.3 is 4.57 Å². The summed E-state index contributed by atoms with van der Waals surface area (Å²) in [4.78, 5) is 13.5. The van der Waals surface area contributed by atoms with Crippen molar-refractivity contribution in [2.45, 2.75) is 26.1 Å². The first-order chi connectivity index (χ1) is 8.63. The Balaban J connectivity index is 2.59. The minimum atomic E-state index is 0.0876. The molecule has 0 bridgehead atoms. The molecule has 0 aliphatic heterocycles. The van der Waals surface area contributed by atoms with Gasteiger partial charge in [-0.3, -0.25) is 4.79 Å². The molecule has 18 heavy (non-hydrogen) atoms. The topological polar surface area (TPSA) is 22.0 Å². The Kier molecular flexibility index (Phi) is 4.30. The molecule has 96 valence electrons. The third kappa shape index (κ3) is 2.70. The highest BCUT2D eigenvalue weighted by molar-refractivity contribution is 7.79. The van der Waals surface area contributed by atoms with E-state index in [0.29, 0.717) is 11.7 Å². The van der Waals surface area contributed by atoms with Crippen LogP contribution in [0, 0.1) is 5.92 Å². The molecule has 0 aromatic carbocycles. The SMILES string of the molecule is CC(C)Cn1c(-c2cccs2)ccc(CS)c1=O. The van der Waals surface area contributed by atoms with E-state index in [1.807, 2.05) is 28.1 Å². The Hall–Kier alpha value is -1.00. The molecule has 0 N–H and O–H groups in total. The van der Waals surface area contributed by atoms with Crippen LogP contribution in [0.1, 0.15) is 19.4 Å². The van der Waals surface area contributed by atoms with Crippen LogP contribution in [0.2, 0.25) is 0 Å². The number of aromatic nitrogens is 1. The highest BCUT2D eigenvalue weighted by Gasteiger charge is 2.11. The first-order valence-electron chi connectivity index (χ1n) is 6.01. The van der Waals surface area contributed by atoms with Crippen LogP contribution in [-0.2, 0) is 12.3 Å². The van der Waals surface area contributed by atoms with Gasteiger partial charge in [0, 0.05) is 17.9 Å². The number of pyridine rings is 1. The Morgan fingerprint density at radius 3 is 2.67 bits per heavy atom. The molecule has 0 atom stereocenters. The first-order valence-corrected chi connectivity index (χ1v) is 7.52. The Morgan fingerprint density at radius 2 is 2.11 bits per heavy atom. The zero-order valence-electron chi connectivity index (χ0n) is 10.6. The molecular weight excluding hydrogens is 262 g/mol. The molecule has 0 unspecified atom stereocenters. The number of nitrogens with zero attached hydrogens (tertiary/aromatic N) is 1. The summed E-state index contributed by atoms with van der Waals surface area (Å²) >= 11 is 5.88. The fraction of sp³-hybridized carbons (Fsp3) is 0.357. The number of hydrogen-bond acceptors (Lipinski definition) is 3. The summed E-state index contributed by atoms with van der Waals surface area (Å²) in [5.41, 5.74) is 1.86. The minimum Gasteiger partial charge on any atom is -0.307 e. The van der Waals surface area contributed by atoms with Crippen LogP contribution in [-0.4, -0.2) is 4.57 Å². The maximum absolute atomic E-state index is 12.4. The van der Waals surface area contributed by atoms with Crippen molar-refractivity contribution in [1.29, 1.82) is 0 Å². The van der Waals surface area contributed by atoms with Crippen LogP contribution in [0.3, 0.4) is 0 Å². The summed E-state index contributed by atoms with van der Waals surface area (Å²) in [5.74, 6) is 0.929. The van der Waals surface area contributed by atoms with Crippen molar-refractivity contribution in [3.63, 3.8) is 0 Å². The maximum Gasteiger partial charge on any atom is 0.255 e. The third-order valence-corrected chi connectivity index (χ3v) is 3.98. The van der Waals surface area contributed by atoms with Crippen molar-refractivity contribution in [2.24, 2.45) is 5.92 Å². The molecule has 0 aliphatic rings. The average Bonchev–Trinajstić information content (AvgIpc) is 2.84. The van der Waals surface area contributed by atoms with Crippen LogP contribution < -0.4 is 5.56 Å². The highest BCUT2D eigenvalue weighted by atomic mass is 32.1. The van der Waals surface area contributed by atoms with Gasteiger partial charge >= 0.3 is 0 Å². The molecule has 2 heterocycles. The van der Waals surface area contributed by atoms with E-state index in [2.05, 4.69) is 32.5 Å². The van der Waals surface area contributed by atoms with Crippen LogP contribution in [0.5, 0.6) is 0 Å². The molecule has 0 aliphatic carbocycles. The lowest BCUT2D eigenvalue weighted by Gasteiger charge is -2.15. The van der Waals surface area contributed by atoms with Gasteiger partial charge in [-0.05, 0) is 23.4 Å². The summed E-state index contributed by atoms with van der Waals surface area (Å²) in [6.45, 7) is 4.99. The van der Waals surface area contributed by atoms with Crippen molar-refractivity contribution < 1.29 is 0 Å². The van der Waals surface area contributed by atoms with E-state index in [0.717, 1.165) is 22.7 Å². The molecule has 0 spiro atoms. The molecule has 0 radical (unpaired) electrons. The molecule has 2 rings (SSSR count). The predicted octanol–water partition coefficient (Wildman–Crippen LogP) is 3.66. The quantitative estimate of drug-likeness (QED) is 0.848. The van der Waals surface area contributed by atoms with Crippen LogP contribution >= 0.6 is 24.0 Å². The van der Waals surface area contributed by atoms with Gasteiger partial charge in [0.25, 0.3) is 5.56 Å². The largest absolute Gasteiger partial charge is 0.307 e.